The van der Waals surface area contributed by atoms with Gasteiger partial charge < -0.3 is 10.2 Å². The van der Waals surface area contributed by atoms with E-state index in [9.17, 15) is 23.4 Å². The average molecular weight is 415 g/mol. The van der Waals surface area contributed by atoms with E-state index in [2.05, 4.69) is 15.2 Å². The number of aromatic nitrogens is 1. The molecule has 0 aliphatic heterocycles. The minimum Gasteiger partial charge on any atom is -0.508 e. The van der Waals surface area contributed by atoms with Crippen LogP contribution in [0, 0.1) is 0 Å². The van der Waals surface area contributed by atoms with Crippen LogP contribution >= 0.6 is 11.3 Å². The number of halogens is 3. The first-order valence-electron chi connectivity index (χ1n) is 8.31. The van der Waals surface area contributed by atoms with Crippen LogP contribution < -0.4 is 0 Å². The largest absolute Gasteiger partial charge is 0.508 e. The van der Waals surface area contributed by atoms with Crippen LogP contribution in [0.3, 0.4) is 0 Å². The number of nitrogens with zero attached hydrogens (tertiary/aromatic N) is 3. The zero-order chi connectivity index (χ0) is 20.6. The molecule has 4 rings (SSSR count). The van der Waals surface area contributed by atoms with Crippen LogP contribution in [0.25, 0.3) is 20.8 Å². The number of alkyl halides is 3. The Bertz CT molecular complexity index is 1220. The molecular weight excluding hydrogens is 403 g/mol. The summed E-state index contributed by atoms with van der Waals surface area (Å²) in [5.41, 5.74) is 0.499. The molecular formula is C20H12F3N3O2S. The van der Waals surface area contributed by atoms with Crippen LogP contribution in [-0.2, 0) is 6.18 Å². The molecule has 0 fully saturated rings. The van der Waals surface area contributed by atoms with Crippen LogP contribution in [0.15, 0.2) is 70.9 Å². The second-order valence-electron chi connectivity index (χ2n) is 6.12. The van der Waals surface area contributed by atoms with Crippen LogP contribution in [0.1, 0.15) is 5.56 Å². The van der Waals surface area contributed by atoms with Crippen molar-refractivity contribution in [1.29, 1.82) is 0 Å². The molecule has 0 amide bonds. The number of phenolic OH excluding ortho intramolecular Hbond substituents is 2. The summed E-state index contributed by atoms with van der Waals surface area (Å²) in [6.45, 7) is 0. The van der Waals surface area contributed by atoms with Crippen molar-refractivity contribution in [3.8, 4) is 22.1 Å². The molecule has 3 aromatic carbocycles. The smallest absolute Gasteiger partial charge is 0.418 e. The van der Waals surface area contributed by atoms with Crippen molar-refractivity contribution in [2.75, 3.05) is 0 Å². The second kappa shape index (κ2) is 7.17. The third-order valence-electron chi connectivity index (χ3n) is 4.05. The van der Waals surface area contributed by atoms with Gasteiger partial charge in [0.2, 0.25) is 0 Å². The van der Waals surface area contributed by atoms with Gasteiger partial charge in [0, 0.05) is 5.56 Å². The Morgan fingerprint density at radius 1 is 0.828 bits per heavy atom. The molecule has 9 heteroatoms. The fraction of sp³-hybridized carbons (Fsp3) is 0.0500. The third kappa shape index (κ3) is 4.04. The molecule has 0 unspecified atom stereocenters. The fourth-order valence-corrected chi connectivity index (χ4v) is 3.66. The molecule has 0 saturated carbocycles. The highest BCUT2D eigenvalue weighted by Crippen LogP contribution is 2.39. The molecule has 2 N–H and O–H groups in total. The van der Waals surface area contributed by atoms with Gasteiger partial charge in [0.1, 0.15) is 16.5 Å². The van der Waals surface area contributed by atoms with Crippen molar-refractivity contribution in [3.63, 3.8) is 0 Å². The van der Waals surface area contributed by atoms with Crippen LogP contribution in [-0.4, -0.2) is 15.2 Å². The van der Waals surface area contributed by atoms with E-state index in [4.69, 9.17) is 0 Å². The lowest BCUT2D eigenvalue weighted by molar-refractivity contribution is -0.137. The molecule has 1 aromatic heterocycles. The van der Waals surface area contributed by atoms with Gasteiger partial charge in [-0.15, -0.1) is 16.5 Å². The molecule has 5 nitrogen and oxygen atoms in total. The highest BCUT2D eigenvalue weighted by atomic mass is 32.1. The number of thiazole rings is 1. The highest BCUT2D eigenvalue weighted by Gasteiger charge is 2.34. The van der Waals surface area contributed by atoms with E-state index in [0.29, 0.717) is 11.8 Å². The van der Waals surface area contributed by atoms with E-state index in [1.807, 2.05) is 0 Å². The quantitative estimate of drug-likeness (QED) is 0.361. The van der Waals surface area contributed by atoms with Crippen molar-refractivity contribution in [2.45, 2.75) is 6.18 Å². The van der Waals surface area contributed by atoms with Crippen molar-refractivity contribution in [3.05, 3.63) is 66.2 Å². The molecule has 4 aromatic rings. The molecule has 0 saturated heterocycles. The predicted molar refractivity (Wildman–Crippen MR) is 104 cm³/mol. The summed E-state index contributed by atoms with van der Waals surface area (Å²) in [5, 5.41) is 27.1. The Hall–Kier alpha value is -3.46. The van der Waals surface area contributed by atoms with E-state index >= 15 is 0 Å². The first-order chi connectivity index (χ1) is 13.8. The Labute approximate surface area is 166 Å². The summed E-state index contributed by atoms with van der Waals surface area (Å²) < 4.78 is 40.1. The zero-order valence-electron chi connectivity index (χ0n) is 14.6. The Balaban J connectivity index is 1.60. The summed E-state index contributed by atoms with van der Waals surface area (Å²) in [5.74, 6) is -0.333. The number of rotatable bonds is 3. The number of phenols is 2. The van der Waals surface area contributed by atoms with E-state index in [1.165, 1.54) is 11.3 Å². The molecule has 1 heterocycles. The third-order valence-corrected chi connectivity index (χ3v) is 5.11. The van der Waals surface area contributed by atoms with Crippen molar-refractivity contribution in [1.82, 2.24) is 4.98 Å². The van der Waals surface area contributed by atoms with Gasteiger partial charge in [-0.05, 0) is 60.7 Å². The molecule has 29 heavy (non-hydrogen) atoms. The number of hydrogen-bond donors (Lipinski definition) is 2. The monoisotopic (exact) mass is 415 g/mol. The van der Waals surface area contributed by atoms with Crippen LogP contribution in [0.2, 0.25) is 0 Å². The molecule has 0 aliphatic carbocycles. The molecule has 0 spiro atoms. The molecule has 0 bridgehead atoms. The topological polar surface area (TPSA) is 78.1 Å². The van der Waals surface area contributed by atoms with Gasteiger partial charge in [-0.2, -0.15) is 18.3 Å². The molecule has 0 radical (unpaired) electrons. The highest BCUT2D eigenvalue weighted by molar-refractivity contribution is 7.21. The van der Waals surface area contributed by atoms with Gasteiger partial charge in [-0.3, -0.25) is 0 Å². The van der Waals surface area contributed by atoms with Gasteiger partial charge in [-0.1, -0.05) is 0 Å². The Kier molecular flexibility index (Phi) is 4.67. The van der Waals surface area contributed by atoms with Gasteiger partial charge in [0.05, 0.1) is 27.2 Å². The Morgan fingerprint density at radius 2 is 1.52 bits per heavy atom. The first-order valence-corrected chi connectivity index (χ1v) is 9.13. The summed E-state index contributed by atoms with van der Waals surface area (Å²) in [4.78, 5) is 4.50. The van der Waals surface area contributed by atoms with Crippen molar-refractivity contribution < 1.29 is 23.4 Å². The van der Waals surface area contributed by atoms with Crippen LogP contribution in [0.5, 0.6) is 11.5 Å². The van der Waals surface area contributed by atoms with Crippen LogP contribution in [0.4, 0.5) is 24.5 Å². The molecule has 146 valence electrons. The lowest BCUT2D eigenvalue weighted by Crippen LogP contribution is -2.04. The zero-order valence-corrected chi connectivity index (χ0v) is 15.4. The minimum absolute atomic E-state index is 0.163. The van der Waals surface area contributed by atoms with Gasteiger partial charge in [-0.25, -0.2) is 4.98 Å². The average Bonchev–Trinajstić information content (AvgIpc) is 3.10. The summed E-state index contributed by atoms with van der Waals surface area (Å²) in [7, 11) is 0. The maximum Gasteiger partial charge on any atom is 0.418 e. The normalized spacial score (nSPS) is 12.1. The van der Waals surface area contributed by atoms with E-state index in [-0.39, 0.29) is 11.4 Å². The number of hydrogen-bond acceptors (Lipinski definition) is 6. The first kappa shape index (κ1) is 18.9. The van der Waals surface area contributed by atoms with Crippen molar-refractivity contribution in [2.24, 2.45) is 10.2 Å². The van der Waals surface area contributed by atoms with Crippen molar-refractivity contribution >= 4 is 32.9 Å². The SMILES string of the molecule is Oc1ccc(N=Nc2ccc(-c3nc4ccc(O)cc4s3)cc2)c(C(F)(F)F)c1. The lowest BCUT2D eigenvalue weighted by Gasteiger charge is -2.09. The summed E-state index contributed by atoms with van der Waals surface area (Å²) in [6, 6.07) is 14.4. The maximum atomic E-state index is 13.1. The minimum atomic E-state index is -4.65. The second-order valence-corrected chi connectivity index (χ2v) is 7.15. The molecule has 0 atom stereocenters. The standard InChI is InChI=1S/C20H12F3N3O2S/c21-20(22,23)15-9-13(27)5-7-16(15)26-25-12-3-1-11(2-4-12)19-24-17-8-6-14(28)10-18(17)29-19/h1-10,27-28H. The summed E-state index contributed by atoms with van der Waals surface area (Å²) >= 11 is 1.41. The predicted octanol–water partition coefficient (Wildman–Crippen LogP) is 6.81. The number of azo groups is 1. The van der Waals surface area contributed by atoms with Gasteiger partial charge in [0.15, 0.2) is 0 Å². The number of aromatic hydroxyl groups is 2. The number of benzene rings is 3. The van der Waals surface area contributed by atoms with Gasteiger partial charge in [0.25, 0.3) is 0 Å². The number of fused-ring (bicyclic) bond motifs is 1. The molecule has 0 aliphatic rings. The summed E-state index contributed by atoms with van der Waals surface area (Å²) in [6.07, 6.45) is -4.65. The van der Waals surface area contributed by atoms with E-state index < -0.39 is 17.5 Å². The Morgan fingerprint density at radius 3 is 2.24 bits per heavy atom. The van der Waals surface area contributed by atoms with E-state index in [0.717, 1.165) is 32.9 Å². The van der Waals surface area contributed by atoms with E-state index in [1.54, 1.807) is 42.5 Å². The van der Waals surface area contributed by atoms with Gasteiger partial charge >= 0.3 is 6.18 Å². The maximum absolute atomic E-state index is 13.1. The fourth-order valence-electron chi connectivity index (χ4n) is 2.66. The lowest BCUT2D eigenvalue weighted by atomic mass is 10.1.